The van der Waals surface area contributed by atoms with Crippen molar-refractivity contribution in [1.82, 2.24) is 4.72 Å². The van der Waals surface area contributed by atoms with Gasteiger partial charge in [0.25, 0.3) is 0 Å². The molecule has 0 radical (unpaired) electrons. The van der Waals surface area contributed by atoms with Crippen molar-refractivity contribution in [2.45, 2.75) is 24.8 Å². The minimum atomic E-state index is -3.34. The molecule has 80 valence electrons. The Balaban J connectivity index is 2.92. The van der Waals surface area contributed by atoms with Crippen LogP contribution in [0.15, 0.2) is 16.3 Å². The molecule has 0 aliphatic rings. The number of rotatable bonds is 5. The summed E-state index contributed by atoms with van der Waals surface area (Å²) in [4.78, 5) is 1.02. The number of thiophene rings is 1. The molecule has 0 saturated carbocycles. The van der Waals surface area contributed by atoms with Gasteiger partial charge in [-0.1, -0.05) is 6.92 Å². The van der Waals surface area contributed by atoms with Gasteiger partial charge in [0.15, 0.2) is 0 Å². The van der Waals surface area contributed by atoms with Crippen LogP contribution in [-0.2, 0) is 16.6 Å². The summed E-state index contributed by atoms with van der Waals surface area (Å²) in [5.74, 6) is 0. The molecular formula is C8H14N2O2S2. The Labute approximate surface area is 88.2 Å². The highest BCUT2D eigenvalue weighted by molar-refractivity contribution is 7.89. The molecular weight excluding hydrogens is 220 g/mol. The van der Waals surface area contributed by atoms with Gasteiger partial charge >= 0.3 is 0 Å². The Morgan fingerprint density at radius 1 is 1.57 bits per heavy atom. The van der Waals surface area contributed by atoms with E-state index in [0.29, 0.717) is 16.3 Å². The van der Waals surface area contributed by atoms with E-state index in [9.17, 15) is 8.42 Å². The highest BCUT2D eigenvalue weighted by Crippen LogP contribution is 2.20. The van der Waals surface area contributed by atoms with Gasteiger partial charge in [-0.15, -0.1) is 11.3 Å². The van der Waals surface area contributed by atoms with Crippen LogP contribution < -0.4 is 10.5 Å². The van der Waals surface area contributed by atoms with Crippen molar-refractivity contribution in [1.29, 1.82) is 0 Å². The first-order valence-electron chi connectivity index (χ1n) is 4.38. The SMILES string of the molecule is CCCNS(=O)(=O)c1ccsc1CN. The number of hydrogen-bond donors (Lipinski definition) is 2. The molecule has 0 unspecified atom stereocenters. The van der Waals surface area contributed by atoms with E-state index < -0.39 is 10.0 Å². The van der Waals surface area contributed by atoms with E-state index in [1.807, 2.05) is 6.92 Å². The maximum absolute atomic E-state index is 11.7. The summed E-state index contributed by atoms with van der Waals surface area (Å²) in [6.07, 6.45) is 0.779. The normalized spacial score (nSPS) is 11.9. The number of nitrogens with two attached hydrogens (primary N) is 1. The van der Waals surface area contributed by atoms with E-state index in [4.69, 9.17) is 5.73 Å². The van der Waals surface area contributed by atoms with Crippen LogP contribution in [0, 0.1) is 0 Å². The maximum Gasteiger partial charge on any atom is 0.241 e. The third-order valence-electron chi connectivity index (χ3n) is 1.72. The number of sulfonamides is 1. The van der Waals surface area contributed by atoms with Crippen LogP contribution in [0.2, 0.25) is 0 Å². The van der Waals surface area contributed by atoms with Crippen LogP contribution in [0.25, 0.3) is 0 Å². The molecule has 0 aliphatic carbocycles. The van der Waals surface area contributed by atoms with E-state index in [-0.39, 0.29) is 6.54 Å². The lowest BCUT2D eigenvalue weighted by molar-refractivity contribution is 0.580. The molecule has 1 aromatic rings. The predicted octanol–water partition coefficient (Wildman–Crippen LogP) is 0.895. The first-order valence-corrected chi connectivity index (χ1v) is 6.74. The molecule has 0 spiro atoms. The van der Waals surface area contributed by atoms with Crippen molar-refractivity contribution in [3.8, 4) is 0 Å². The van der Waals surface area contributed by atoms with Crippen LogP contribution >= 0.6 is 11.3 Å². The van der Waals surface area contributed by atoms with E-state index in [1.165, 1.54) is 11.3 Å². The third-order valence-corrected chi connectivity index (χ3v) is 4.34. The van der Waals surface area contributed by atoms with E-state index >= 15 is 0 Å². The standard InChI is InChI=1S/C8H14N2O2S2/c1-2-4-10-14(11,12)8-3-5-13-7(8)6-9/h3,5,10H,2,4,6,9H2,1H3. The first kappa shape index (κ1) is 11.6. The second kappa shape index (κ2) is 4.88. The summed E-state index contributed by atoms with van der Waals surface area (Å²) in [6.45, 7) is 2.64. The van der Waals surface area contributed by atoms with Crippen LogP contribution in [0.1, 0.15) is 18.2 Å². The van der Waals surface area contributed by atoms with Crippen molar-refractivity contribution in [2.75, 3.05) is 6.54 Å². The summed E-state index contributed by atoms with van der Waals surface area (Å²) in [5.41, 5.74) is 5.44. The summed E-state index contributed by atoms with van der Waals surface area (Å²) in [6, 6.07) is 1.59. The van der Waals surface area contributed by atoms with E-state index in [2.05, 4.69) is 4.72 Å². The predicted molar refractivity (Wildman–Crippen MR) is 57.7 cm³/mol. The van der Waals surface area contributed by atoms with Gasteiger partial charge in [0, 0.05) is 18.0 Å². The first-order chi connectivity index (χ1) is 6.61. The molecule has 0 amide bonds. The zero-order chi connectivity index (χ0) is 10.6. The Morgan fingerprint density at radius 2 is 2.29 bits per heavy atom. The van der Waals surface area contributed by atoms with Crippen molar-refractivity contribution in [3.63, 3.8) is 0 Å². The fourth-order valence-corrected chi connectivity index (χ4v) is 3.50. The molecule has 0 aromatic carbocycles. The molecule has 3 N–H and O–H groups in total. The van der Waals surface area contributed by atoms with Gasteiger partial charge < -0.3 is 5.73 Å². The van der Waals surface area contributed by atoms with Gasteiger partial charge in [-0.25, -0.2) is 13.1 Å². The van der Waals surface area contributed by atoms with Crippen LogP contribution in [0.3, 0.4) is 0 Å². The molecule has 1 heterocycles. The monoisotopic (exact) mass is 234 g/mol. The van der Waals surface area contributed by atoms with Crippen molar-refractivity contribution in [3.05, 3.63) is 16.3 Å². The maximum atomic E-state index is 11.7. The Bertz CT molecular complexity index is 384. The molecule has 0 atom stereocenters. The van der Waals surface area contributed by atoms with Crippen molar-refractivity contribution < 1.29 is 8.42 Å². The smallest absolute Gasteiger partial charge is 0.241 e. The fourth-order valence-electron chi connectivity index (χ4n) is 1.03. The van der Waals surface area contributed by atoms with E-state index in [1.54, 1.807) is 11.4 Å². The average Bonchev–Trinajstić information content (AvgIpc) is 2.63. The zero-order valence-corrected chi connectivity index (χ0v) is 9.62. The van der Waals surface area contributed by atoms with Gasteiger partial charge in [0.1, 0.15) is 0 Å². The molecule has 1 aromatic heterocycles. The zero-order valence-electron chi connectivity index (χ0n) is 7.99. The van der Waals surface area contributed by atoms with Gasteiger partial charge in [-0.3, -0.25) is 0 Å². The molecule has 0 fully saturated rings. The summed E-state index contributed by atoms with van der Waals surface area (Å²) in [5, 5.41) is 1.74. The summed E-state index contributed by atoms with van der Waals surface area (Å²) < 4.78 is 25.9. The molecule has 0 aliphatic heterocycles. The highest BCUT2D eigenvalue weighted by atomic mass is 32.2. The van der Waals surface area contributed by atoms with Gasteiger partial charge in [0.05, 0.1) is 4.90 Å². The quantitative estimate of drug-likeness (QED) is 0.795. The minimum Gasteiger partial charge on any atom is -0.326 e. The third kappa shape index (κ3) is 2.54. The molecule has 0 bridgehead atoms. The number of nitrogens with one attached hydrogen (secondary N) is 1. The second-order valence-electron chi connectivity index (χ2n) is 2.81. The number of hydrogen-bond acceptors (Lipinski definition) is 4. The molecule has 1 rings (SSSR count). The molecule has 6 heteroatoms. The lowest BCUT2D eigenvalue weighted by atomic mass is 10.5. The Hall–Kier alpha value is -0.430. The fraction of sp³-hybridized carbons (Fsp3) is 0.500. The van der Waals surface area contributed by atoms with Gasteiger partial charge in [-0.2, -0.15) is 0 Å². The summed E-state index contributed by atoms with van der Waals surface area (Å²) in [7, 11) is -3.34. The van der Waals surface area contributed by atoms with Crippen molar-refractivity contribution >= 4 is 21.4 Å². The van der Waals surface area contributed by atoms with E-state index in [0.717, 1.165) is 6.42 Å². The van der Waals surface area contributed by atoms with Crippen LogP contribution in [0.5, 0.6) is 0 Å². The lowest BCUT2D eigenvalue weighted by Crippen LogP contribution is -2.25. The molecule has 0 saturated heterocycles. The topological polar surface area (TPSA) is 72.2 Å². The van der Waals surface area contributed by atoms with Gasteiger partial charge in [0.2, 0.25) is 10.0 Å². The largest absolute Gasteiger partial charge is 0.326 e. The highest BCUT2D eigenvalue weighted by Gasteiger charge is 2.17. The Kier molecular flexibility index (Phi) is 4.06. The summed E-state index contributed by atoms with van der Waals surface area (Å²) >= 11 is 1.37. The van der Waals surface area contributed by atoms with Crippen molar-refractivity contribution in [2.24, 2.45) is 5.73 Å². The molecule has 14 heavy (non-hydrogen) atoms. The van der Waals surface area contributed by atoms with Crippen LogP contribution in [0.4, 0.5) is 0 Å². The minimum absolute atomic E-state index is 0.264. The average molecular weight is 234 g/mol. The lowest BCUT2D eigenvalue weighted by Gasteiger charge is -2.04. The van der Waals surface area contributed by atoms with Gasteiger partial charge in [-0.05, 0) is 17.9 Å². The Morgan fingerprint density at radius 3 is 2.86 bits per heavy atom. The second-order valence-corrected chi connectivity index (χ2v) is 5.55. The molecule has 4 nitrogen and oxygen atoms in total. The van der Waals surface area contributed by atoms with Crippen LogP contribution in [-0.4, -0.2) is 15.0 Å².